The van der Waals surface area contributed by atoms with Gasteiger partial charge in [-0.2, -0.15) is 0 Å². The van der Waals surface area contributed by atoms with Crippen LogP contribution in [-0.4, -0.2) is 7.11 Å². The fourth-order valence-electron chi connectivity index (χ4n) is 1.71. The lowest BCUT2D eigenvalue weighted by Gasteiger charge is -2.11. The highest BCUT2D eigenvalue weighted by Crippen LogP contribution is 2.36. The second-order valence-corrected chi connectivity index (χ2v) is 3.48. The number of methoxy groups -OCH3 is 1. The van der Waals surface area contributed by atoms with E-state index in [2.05, 4.69) is 4.98 Å². The summed E-state index contributed by atoms with van der Waals surface area (Å²) in [6.07, 6.45) is 0. The molecule has 0 saturated heterocycles. The van der Waals surface area contributed by atoms with Crippen molar-refractivity contribution in [3.8, 4) is 5.75 Å². The van der Waals surface area contributed by atoms with Gasteiger partial charge in [0.05, 0.1) is 18.2 Å². The van der Waals surface area contributed by atoms with Crippen LogP contribution in [0.1, 0.15) is 29.7 Å². The molecule has 3 heteroatoms. The molecule has 1 aromatic rings. The zero-order valence-corrected chi connectivity index (χ0v) is 9.30. The third-order valence-corrected chi connectivity index (χ3v) is 2.82. The molecule has 15 heavy (non-hydrogen) atoms. The molecule has 0 N–H and O–H groups in total. The van der Waals surface area contributed by atoms with E-state index in [0.29, 0.717) is 5.69 Å². The van der Waals surface area contributed by atoms with Crippen molar-refractivity contribution in [2.24, 2.45) is 0 Å². The minimum atomic E-state index is 0. The maximum absolute atomic E-state index is 8.90. The number of nitrogens with zero attached hydrogens (tertiary/aromatic N) is 2. The largest absolute Gasteiger partial charge is 0.496 e. The van der Waals surface area contributed by atoms with Crippen molar-refractivity contribution in [2.45, 2.75) is 35.1 Å². The Bertz CT molecular complexity index is 380. The molecule has 0 bridgehead atoms. The van der Waals surface area contributed by atoms with E-state index in [1.807, 2.05) is 27.7 Å². The van der Waals surface area contributed by atoms with Gasteiger partial charge in [0.2, 0.25) is 5.39 Å². The molecular formula is C12H19N2O+. The summed E-state index contributed by atoms with van der Waals surface area (Å²) in [5.74, 6) is 0.882. The molecule has 0 atom stereocenters. The van der Waals surface area contributed by atoms with Crippen LogP contribution in [0.3, 0.4) is 0 Å². The molecule has 0 fully saturated rings. The Morgan fingerprint density at radius 3 is 1.60 bits per heavy atom. The first-order valence-electron chi connectivity index (χ1n) is 4.54. The topological polar surface area (TPSA) is 37.4 Å². The Morgan fingerprint density at radius 1 is 0.933 bits per heavy atom. The highest BCUT2D eigenvalue weighted by molar-refractivity contribution is 5.67. The lowest BCUT2D eigenvalue weighted by Crippen LogP contribution is -1.96. The highest BCUT2D eigenvalue weighted by Gasteiger charge is 2.23. The van der Waals surface area contributed by atoms with Gasteiger partial charge in [-0.3, -0.25) is 0 Å². The molecule has 0 saturated carbocycles. The molecule has 0 unspecified atom stereocenters. The van der Waals surface area contributed by atoms with Crippen LogP contribution in [-0.2, 0) is 0 Å². The Balaban J connectivity index is 0.00000196. The molecule has 0 amide bonds. The zero-order chi connectivity index (χ0) is 10.9. The van der Waals surface area contributed by atoms with E-state index in [4.69, 9.17) is 10.1 Å². The first-order valence-corrected chi connectivity index (χ1v) is 4.54. The zero-order valence-electron chi connectivity index (χ0n) is 9.30. The summed E-state index contributed by atoms with van der Waals surface area (Å²) in [5.41, 5.74) is 4.65. The third-order valence-electron chi connectivity index (χ3n) is 2.82. The average Bonchev–Trinajstić information content (AvgIpc) is 2.17. The fraction of sp³-hybridized carbons (Fsp3) is 0.500. The molecule has 0 aromatic heterocycles. The quantitative estimate of drug-likeness (QED) is 0.651. The maximum atomic E-state index is 8.90. The minimum Gasteiger partial charge on any atom is -0.496 e. The molecule has 1 rings (SSSR count). The Hall–Kier alpha value is -1.56. The van der Waals surface area contributed by atoms with Crippen LogP contribution >= 0.6 is 0 Å². The lowest BCUT2D eigenvalue weighted by atomic mass is 9.97. The van der Waals surface area contributed by atoms with Crippen molar-refractivity contribution in [2.75, 3.05) is 7.11 Å². The number of rotatable bonds is 1. The summed E-state index contributed by atoms with van der Waals surface area (Å²) < 4.78 is 5.31. The summed E-state index contributed by atoms with van der Waals surface area (Å²) in [4.78, 5) is 3.31. The van der Waals surface area contributed by atoms with Gasteiger partial charge >= 0.3 is 5.69 Å². The van der Waals surface area contributed by atoms with E-state index in [-0.39, 0.29) is 7.43 Å². The van der Waals surface area contributed by atoms with Gasteiger partial charge in [0.15, 0.2) is 4.98 Å². The van der Waals surface area contributed by atoms with Gasteiger partial charge in [0.1, 0.15) is 5.75 Å². The molecule has 0 radical (unpaired) electrons. The van der Waals surface area contributed by atoms with Crippen LogP contribution in [0, 0.1) is 33.1 Å². The Morgan fingerprint density at radius 2 is 1.33 bits per heavy atom. The standard InChI is InChI=1S/C11H15N2O.CH4/c1-6-8(3)11(14-5)9(4)7(2)10(6)13-12;/h1-5H3;1H4/q+1;. The summed E-state index contributed by atoms with van der Waals surface area (Å²) in [7, 11) is 1.66. The van der Waals surface area contributed by atoms with Crippen molar-refractivity contribution in [3.63, 3.8) is 0 Å². The molecule has 0 spiro atoms. The normalized spacial score (nSPS) is 9.07. The van der Waals surface area contributed by atoms with Crippen LogP contribution in [0.15, 0.2) is 0 Å². The van der Waals surface area contributed by atoms with Crippen LogP contribution in [0.2, 0.25) is 0 Å². The SMILES string of the molecule is C.COc1c(C)c(C)c([N+]#N)c(C)c1C. The predicted molar refractivity (Wildman–Crippen MR) is 63.4 cm³/mol. The third kappa shape index (κ3) is 1.94. The van der Waals surface area contributed by atoms with Crippen molar-refractivity contribution in [3.05, 3.63) is 27.2 Å². The predicted octanol–water partition coefficient (Wildman–Crippen LogP) is 4.05. The molecule has 82 valence electrons. The van der Waals surface area contributed by atoms with Gasteiger partial charge in [-0.15, -0.1) is 0 Å². The van der Waals surface area contributed by atoms with E-state index in [1.54, 1.807) is 7.11 Å². The second kappa shape index (κ2) is 4.79. The summed E-state index contributed by atoms with van der Waals surface area (Å²) in [6, 6.07) is 0. The molecule has 0 aliphatic heterocycles. The first kappa shape index (κ1) is 13.4. The molecule has 0 aliphatic carbocycles. The van der Waals surface area contributed by atoms with Crippen LogP contribution in [0.25, 0.3) is 4.98 Å². The van der Waals surface area contributed by atoms with Gasteiger partial charge in [-0.25, -0.2) is 0 Å². The Labute approximate surface area is 91.7 Å². The maximum Gasteiger partial charge on any atom is 0.391 e. The number of benzene rings is 1. The summed E-state index contributed by atoms with van der Waals surface area (Å²) in [6.45, 7) is 7.79. The van der Waals surface area contributed by atoms with Crippen LogP contribution < -0.4 is 4.74 Å². The highest BCUT2D eigenvalue weighted by atomic mass is 16.5. The molecule has 3 nitrogen and oxygen atoms in total. The van der Waals surface area contributed by atoms with Crippen LogP contribution in [0.5, 0.6) is 5.75 Å². The number of hydrogen-bond donors (Lipinski definition) is 0. The number of ether oxygens (including phenoxy) is 1. The van der Waals surface area contributed by atoms with Gasteiger partial charge in [0, 0.05) is 11.1 Å². The van der Waals surface area contributed by atoms with E-state index >= 15 is 0 Å². The van der Waals surface area contributed by atoms with E-state index in [9.17, 15) is 0 Å². The van der Waals surface area contributed by atoms with E-state index < -0.39 is 0 Å². The van der Waals surface area contributed by atoms with E-state index in [1.165, 1.54) is 0 Å². The molecule has 1 aromatic carbocycles. The van der Waals surface area contributed by atoms with Crippen molar-refractivity contribution in [1.82, 2.24) is 0 Å². The fourth-order valence-corrected chi connectivity index (χ4v) is 1.71. The van der Waals surface area contributed by atoms with E-state index in [0.717, 1.165) is 28.0 Å². The van der Waals surface area contributed by atoms with Gasteiger partial charge in [0.25, 0.3) is 0 Å². The first-order chi connectivity index (χ1) is 6.54. The smallest absolute Gasteiger partial charge is 0.391 e. The van der Waals surface area contributed by atoms with Crippen molar-refractivity contribution in [1.29, 1.82) is 5.39 Å². The van der Waals surface area contributed by atoms with Crippen LogP contribution in [0.4, 0.5) is 5.69 Å². The van der Waals surface area contributed by atoms with Crippen molar-refractivity contribution >= 4 is 5.69 Å². The summed E-state index contributed by atoms with van der Waals surface area (Å²) >= 11 is 0. The lowest BCUT2D eigenvalue weighted by molar-refractivity contribution is 0.408. The average molecular weight is 207 g/mol. The monoisotopic (exact) mass is 207 g/mol. The summed E-state index contributed by atoms with van der Waals surface area (Å²) in [5, 5.41) is 8.90. The Kier molecular flexibility index (Phi) is 4.29. The van der Waals surface area contributed by atoms with Gasteiger partial charge < -0.3 is 4.74 Å². The molecular weight excluding hydrogens is 188 g/mol. The second-order valence-electron chi connectivity index (χ2n) is 3.48. The van der Waals surface area contributed by atoms with Crippen molar-refractivity contribution < 1.29 is 4.74 Å². The minimum absolute atomic E-state index is 0. The van der Waals surface area contributed by atoms with Gasteiger partial charge in [-0.1, -0.05) is 7.43 Å². The molecule has 0 aliphatic rings. The number of diazo groups is 1. The molecule has 0 heterocycles. The van der Waals surface area contributed by atoms with Gasteiger partial charge in [-0.05, 0) is 27.7 Å². The number of hydrogen-bond acceptors (Lipinski definition) is 2.